The van der Waals surface area contributed by atoms with Crippen LogP contribution in [0.15, 0.2) is 48.0 Å². The fourth-order valence-corrected chi connectivity index (χ4v) is 4.38. The monoisotopic (exact) mass is 464 g/mol. The Kier molecular flexibility index (Phi) is 6.41. The van der Waals surface area contributed by atoms with E-state index in [1.807, 2.05) is 43.3 Å². The molecule has 1 fully saturated rings. The van der Waals surface area contributed by atoms with Crippen LogP contribution in [0.1, 0.15) is 49.9 Å². The Labute approximate surface area is 200 Å². The van der Waals surface area contributed by atoms with Crippen molar-refractivity contribution < 1.29 is 24.2 Å². The van der Waals surface area contributed by atoms with Gasteiger partial charge in [0.05, 0.1) is 11.6 Å². The molecule has 0 aromatic heterocycles. The number of hydrogen-bond donors (Lipinski definition) is 1. The standard InChI is InChI=1S/C27H32N2O5/c1-27(2,3)19-10-7-17(8-11-19)23-22(25(31)26(32)29(23)14-6-13-28(4)5)24(30)18-9-12-20-21(15-18)34-16-33-20/h7-12,15,23,30H,6,13-14,16H2,1-5H3/t23-/m1/s1. The van der Waals surface area contributed by atoms with Gasteiger partial charge in [-0.05, 0) is 61.8 Å². The molecule has 1 amide bonds. The lowest BCUT2D eigenvalue weighted by atomic mass is 9.85. The average Bonchev–Trinajstić information content (AvgIpc) is 3.35. The summed E-state index contributed by atoms with van der Waals surface area (Å²) in [5.41, 5.74) is 2.42. The number of carbonyl (C=O) groups excluding carboxylic acids is 2. The Morgan fingerprint density at radius 2 is 1.74 bits per heavy atom. The van der Waals surface area contributed by atoms with E-state index in [0.717, 1.165) is 17.7 Å². The minimum atomic E-state index is -0.676. The van der Waals surface area contributed by atoms with E-state index in [-0.39, 0.29) is 23.5 Å². The van der Waals surface area contributed by atoms with Crippen LogP contribution in [0.3, 0.4) is 0 Å². The molecule has 1 N–H and O–H groups in total. The van der Waals surface area contributed by atoms with E-state index in [4.69, 9.17) is 9.47 Å². The molecule has 2 aromatic carbocycles. The molecule has 0 bridgehead atoms. The molecule has 0 saturated carbocycles. The Morgan fingerprint density at radius 3 is 2.38 bits per heavy atom. The molecular formula is C27H32N2O5. The highest BCUT2D eigenvalue weighted by Crippen LogP contribution is 2.41. The molecule has 4 rings (SSSR count). The van der Waals surface area contributed by atoms with Crippen LogP contribution in [0.5, 0.6) is 11.5 Å². The minimum absolute atomic E-state index is 0.0292. The van der Waals surface area contributed by atoms with Crippen LogP contribution >= 0.6 is 0 Å². The van der Waals surface area contributed by atoms with Crippen LogP contribution in [0.25, 0.3) is 5.76 Å². The van der Waals surface area contributed by atoms with Gasteiger partial charge < -0.3 is 24.4 Å². The van der Waals surface area contributed by atoms with E-state index in [2.05, 4.69) is 20.8 Å². The molecule has 180 valence electrons. The lowest BCUT2D eigenvalue weighted by Crippen LogP contribution is -2.32. The van der Waals surface area contributed by atoms with Gasteiger partial charge in [-0.2, -0.15) is 0 Å². The van der Waals surface area contributed by atoms with Gasteiger partial charge in [-0.15, -0.1) is 0 Å². The van der Waals surface area contributed by atoms with Crippen molar-refractivity contribution in [3.05, 3.63) is 64.7 Å². The molecule has 2 heterocycles. The van der Waals surface area contributed by atoms with E-state index in [1.54, 1.807) is 23.1 Å². The largest absolute Gasteiger partial charge is 0.507 e. The highest BCUT2D eigenvalue weighted by atomic mass is 16.7. The number of nitrogens with zero attached hydrogens (tertiary/aromatic N) is 2. The maximum Gasteiger partial charge on any atom is 0.295 e. The number of amides is 1. The number of hydrogen-bond acceptors (Lipinski definition) is 6. The molecule has 0 spiro atoms. The van der Waals surface area contributed by atoms with Crippen molar-refractivity contribution in [3.8, 4) is 11.5 Å². The zero-order chi connectivity index (χ0) is 24.6. The van der Waals surface area contributed by atoms with Crippen molar-refractivity contribution in [2.24, 2.45) is 0 Å². The fraction of sp³-hybridized carbons (Fsp3) is 0.407. The summed E-state index contributed by atoms with van der Waals surface area (Å²) in [5, 5.41) is 11.3. The first-order valence-electron chi connectivity index (χ1n) is 11.5. The number of ketones is 1. The van der Waals surface area contributed by atoms with Crippen LogP contribution in [-0.2, 0) is 15.0 Å². The van der Waals surface area contributed by atoms with Crippen molar-refractivity contribution in [1.82, 2.24) is 9.80 Å². The second-order valence-corrected chi connectivity index (χ2v) is 10.1. The summed E-state index contributed by atoms with van der Waals surface area (Å²) in [6.07, 6.45) is 0.709. The predicted octanol–water partition coefficient (Wildman–Crippen LogP) is 4.09. The number of ether oxygens (including phenoxy) is 2. The van der Waals surface area contributed by atoms with E-state index < -0.39 is 17.7 Å². The molecule has 0 radical (unpaired) electrons. The minimum Gasteiger partial charge on any atom is -0.507 e. The zero-order valence-electron chi connectivity index (χ0n) is 20.4. The number of aliphatic hydroxyl groups excluding tert-OH is 1. The third-order valence-corrected chi connectivity index (χ3v) is 6.28. The van der Waals surface area contributed by atoms with Gasteiger partial charge in [-0.25, -0.2) is 0 Å². The second kappa shape index (κ2) is 9.14. The Hall–Kier alpha value is -3.32. The molecule has 0 aliphatic carbocycles. The molecule has 1 saturated heterocycles. The van der Waals surface area contributed by atoms with Crippen molar-refractivity contribution in [3.63, 3.8) is 0 Å². The highest BCUT2D eigenvalue weighted by molar-refractivity contribution is 6.46. The quantitative estimate of drug-likeness (QED) is 0.394. The summed E-state index contributed by atoms with van der Waals surface area (Å²) in [4.78, 5) is 29.9. The number of fused-ring (bicyclic) bond motifs is 1. The molecule has 0 unspecified atom stereocenters. The normalized spacial score (nSPS) is 19.4. The number of rotatable bonds is 6. The summed E-state index contributed by atoms with van der Waals surface area (Å²) in [5.74, 6) is -0.405. The van der Waals surface area contributed by atoms with Gasteiger partial charge in [-0.1, -0.05) is 45.0 Å². The summed E-state index contributed by atoms with van der Waals surface area (Å²) in [7, 11) is 3.94. The number of likely N-dealkylation sites (tertiary alicyclic amines) is 1. The van der Waals surface area contributed by atoms with Gasteiger partial charge in [0.2, 0.25) is 6.79 Å². The number of aliphatic hydroxyl groups is 1. The maximum atomic E-state index is 13.2. The van der Waals surface area contributed by atoms with Crippen molar-refractivity contribution in [2.45, 2.75) is 38.6 Å². The van der Waals surface area contributed by atoms with Crippen molar-refractivity contribution in [2.75, 3.05) is 34.0 Å². The molecule has 2 aromatic rings. The number of Topliss-reactive ketones (excluding diaryl/α,β-unsaturated/α-hetero) is 1. The molecule has 7 heteroatoms. The first-order chi connectivity index (χ1) is 16.1. The first-order valence-corrected chi connectivity index (χ1v) is 11.5. The predicted molar refractivity (Wildman–Crippen MR) is 130 cm³/mol. The van der Waals surface area contributed by atoms with Crippen LogP contribution in [-0.4, -0.2) is 60.6 Å². The SMILES string of the molecule is CN(C)CCCN1C(=O)C(=O)C(=C(O)c2ccc3c(c2)OCO3)[C@H]1c1ccc(C(C)(C)C)cc1. The van der Waals surface area contributed by atoms with E-state index >= 15 is 0 Å². The third kappa shape index (κ3) is 4.53. The second-order valence-electron chi connectivity index (χ2n) is 10.1. The first kappa shape index (κ1) is 23.8. The van der Waals surface area contributed by atoms with Gasteiger partial charge >= 0.3 is 0 Å². The Bertz CT molecular complexity index is 1130. The molecule has 2 aliphatic rings. The third-order valence-electron chi connectivity index (χ3n) is 6.28. The summed E-state index contributed by atoms with van der Waals surface area (Å²) < 4.78 is 10.8. The van der Waals surface area contributed by atoms with Gasteiger partial charge in [0.25, 0.3) is 11.7 Å². The van der Waals surface area contributed by atoms with E-state index in [0.29, 0.717) is 30.0 Å². The van der Waals surface area contributed by atoms with Crippen LogP contribution in [0.4, 0.5) is 0 Å². The lowest BCUT2D eigenvalue weighted by molar-refractivity contribution is -0.139. The smallest absolute Gasteiger partial charge is 0.295 e. The highest BCUT2D eigenvalue weighted by Gasteiger charge is 2.46. The molecular weight excluding hydrogens is 432 g/mol. The van der Waals surface area contributed by atoms with Crippen LogP contribution < -0.4 is 9.47 Å². The molecule has 1 atom stereocenters. The Morgan fingerprint density at radius 1 is 1.06 bits per heavy atom. The average molecular weight is 465 g/mol. The molecule has 2 aliphatic heterocycles. The van der Waals surface area contributed by atoms with Gasteiger partial charge in [0.1, 0.15) is 5.76 Å². The van der Waals surface area contributed by atoms with E-state index in [1.165, 1.54) is 0 Å². The van der Waals surface area contributed by atoms with Crippen molar-refractivity contribution in [1.29, 1.82) is 0 Å². The van der Waals surface area contributed by atoms with Crippen LogP contribution in [0.2, 0.25) is 0 Å². The zero-order valence-corrected chi connectivity index (χ0v) is 20.4. The number of benzene rings is 2. The topological polar surface area (TPSA) is 79.3 Å². The summed E-state index contributed by atoms with van der Waals surface area (Å²) in [6, 6.07) is 12.3. The lowest BCUT2D eigenvalue weighted by Gasteiger charge is -2.27. The van der Waals surface area contributed by atoms with Gasteiger partial charge in [-0.3, -0.25) is 9.59 Å². The number of carbonyl (C=O) groups is 2. The molecule has 7 nitrogen and oxygen atoms in total. The summed E-state index contributed by atoms with van der Waals surface area (Å²) in [6.45, 7) is 7.70. The van der Waals surface area contributed by atoms with Crippen LogP contribution in [0, 0.1) is 0 Å². The summed E-state index contributed by atoms with van der Waals surface area (Å²) >= 11 is 0. The fourth-order valence-electron chi connectivity index (χ4n) is 4.38. The Balaban J connectivity index is 1.78. The maximum absolute atomic E-state index is 13.2. The molecule has 34 heavy (non-hydrogen) atoms. The van der Waals surface area contributed by atoms with E-state index in [9.17, 15) is 14.7 Å². The van der Waals surface area contributed by atoms with Gasteiger partial charge in [0, 0.05) is 12.1 Å². The van der Waals surface area contributed by atoms with Crippen molar-refractivity contribution >= 4 is 17.4 Å². The van der Waals surface area contributed by atoms with Gasteiger partial charge in [0.15, 0.2) is 11.5 Å².